The minimum atomic E-state index is 0.953. The molecule has 0 atom stereocenters. The molecule has 0 heteroatoms. The third-order valence-corrected chi connectivity index (χ3v) is 9.15. The van der Waals surface area contributed by atoms with E-state index >= 15 is 0 Å². The number of benzene rings is 6. The van der Waals surface area contributed by atoms with Gasteiger partial charge in [-0.3, -0.25) is 0 Å². The average Bonchev–Trinajstić information content (AvgIpc) is 3.14. The van der Waals surface area contributed by atoms with Gasteiger partial charge in [0.25, 0.3) is 0 Å². The van der Waals surface area contributed by atoms with Crippen molar-refractivity contribution in [3.63, 3.8) is 0 Å². The summed E-state index contributed by atoms with van der Waals surface area (Å²) in [6.07, 6.45) is 22.1. The molecule has 0 heterocycles. The quantitative estimate of drug-likeness (QED) is 0.149. The normalized spacial score (nSPS) is 13.2. The van der Waals surface area contributed by atoms with E-state index in [4.69, 9.17) is 0 Å². The van der Waals surface area contributed by atoms with E-state index in [1.54, 1.807) is 0 Å². The SMILES string of the molecule is C(=C/c1cc2c(/C=C/c3ccccc3)cc1CCc1cc(/C=C\c3ccccc3)c(cc1/C=C/c1ccccc1)CC2)/c1ccccc1. The van der Waals surface area contributed by atoms with Crippen molar-refractivity contribution in [3.8, 4) is 0 Å². The Kier molecular flexibility index (Phi) is 9.82. The van der Waals surface area contributed by atoms with Crippen LogP contribution >= 0.6 is 0 Å². The zero-order valence-corrected chi connectivity index (χ0v) is 27.3. The lowest BCUT2D eigenvalue weighted by atomic mass is 9.86. The van der Waals surface area contributed by atoms with Gasteiger partial charge in [0.1, 0.15) is 0 Å². The van der Waals surface area contributed by atoms with Crippen LogP contribution in [0.4, 0.5) is 0 Å². The lowest BCUT2D eigenvalue weighted by Gasteiger charge is -2.19. The minimum absolute atomic E-state index is 0.953. The summed E-state index contributed by atoms with van der Waals surface area (Å²) in [6.45, 7) is 0. The van der Waals surface area contributed by atoms with E-state index < -0.39 is 0 Å². The Hall–Kier alpha value is -5.72. The number of rotatable bonds is 8. The Bertz CT molecular complexity index is 1770. The molecule has 6 aromatic rings. The van der Waals surface area contributed by atoms with Crippen molar-refractivity contribution >= 4 is 48.6 Å². The second kappa shape index (κ2) is 15.2. The zero-order valence-electron chi connectivity index (χ0n) is 27.3. The highest BCUT2D eigenvalue weighted by Gasteiger charge is 2.14. The summed E-state index contributed by atoms with van der Waals surface area (Å²) in [5, 5.41) is 0. The topological polar surface area (TPSA) is 0 Å². The molecule has 4 aliphatic rings. The van der Waals surface area contributed by atoms with Crippen molar-refractivity contribution in [2.24, 2.45) is 0 Å². The van der Waals surface area contributed by atoms with E-state index in [-0.39, 0.29) is 0 Å². The molecule has 0 fully saturated rings. The minimum Gasteiger partial charge on any atom is -0.0622 e. The third-order valence-electron chi connectivity index (χ3n) is 9.15. The molecule has 232 valence electrons. The molecule has 0 radical (unpaired) electrons. The molecule has 0 aromatic heterocycles. The van der Waals surface area contributed by atoms with E-state index in [9.17, 15) is 0 Å². The Labute approximate surface area is 285 Å². The average molecular weight is 617 g/mol. The molecule has 4 aliphatic carbocycles. The van der Waals surface area contributed by atoms with Crippen LogP contribution in [0, 0.1) is 0 Å². The Morgan fingerprint density at radius 2 is 0.458 bits per heavy atom. The summed E-state index contributed by atoms with van der Waals surface area (Å²) in [5.74, 6) is 0. The lowest BCUT2D eigenvalue weighted by Crippen LogP contribution is -2.05. The van der Waals surface area contributed by atoms with Gasteiger partial charge in [-0.1, -0.05) is 194 Å². The highest BCUT2D eigenvalue weighted by atomic mass is 14.2. The maximum absolute atomic E-state index is 2.45. The third kappa shape index (κ3) is 7.97. The van der Waals surface area contributed by atoms with Gasteiger partial charge in [0, 0.05) is 0 Å². The fraction of sp³-hybridized carbons (Fsp3) is 0.0833. The van der Waals surface area contributed by atoms with Crippen LogP contribution in [-0.2, 0) is 25.7 Å². The smallest absolute Gasteiger partial charge is 0.0221 e. The standard InChI is InChI=1S/C48H40/c1-5-13-37(14-6-1)21-25-41-33-46-31-32-48-36-43(27-23-39-17-9-3-10-18-39)47(35-44(48)28-24-40-19-11-4-12-20-40)30-29-45(41)34-42(46)26-22-38-15-7-2-8-16-38/h1-28,33-36H,29-32H2/b25-21-,26-22+,27-23+,28-24-. The molecule has 0 spiro atoms. The predicted molar refractivity (Wildman–Crippen MR) is 209 cm³/mol. The molecule has 0 unspecified atom stereocenters. The van der Waals surface area contributed by atoms with Gasteiger partial charge in [-0.05, 0) is 92.4 Å². The molecule has 0 nitrogen and oxygen atoms in total. The number of hydrogen-bond donors (Lipinski definition) is 0. The van der Waals surface area contributed by atoms with Crippen molar-refractivity contribution in [2.75, 3.05) is 0 Å². The maximum Gasteiger partial charge on any atom is -0.0221 e. The monoisotopic (exact) mass is 616 g/mol. The van der Waals surface area contributed by atoms with E-state index in [0.29, 0.717) is 0 Å². The van der Waals surface area contributed by atoms with Crippen LogP contribution in [0.1, 0.15) is 66.8 Å². The van der Waals surface area contributed by atoms with Gasteiger partial charge in [-0.15, -0.1) is 0 Å². The molecule has 0 saturated heterocycles. The number of hydrogen-bond acceptors (Lipinski definition) is 0. The summed E-state index contributed by atoms with van der Waals surface area (Å²) in [7, 11) is 0. The van der Waals surface area contributed by atoms with Crippen LogP contribution < -0.4 is 0 Å². The first kappa shape index (κ1) is 30.9. The summed E-state index contributed by atoms with van der Waals surface area (Å²) < 4.78 is 0. The summed E-state index contributed by atoms with van der Waals surface area (Å²) in [5.41, 5.74) is 15.6. The molecular formula is C48H40. The van der Waals surface area contributed by atoms with Gasteiger partial charge in [0.05, 0.1) is 0 Å². The lowest BCUT2D eigenvalue weighted by molar-refractivity contribution is 0.912. The first-order valence-corrected chi connectivity index (χ1v) is 17.0. The second-order valence-electron chi connectivity index (χ2n) is 12.5. The van der Waals surface area contributed by atoms with Crippen LogP contribution in [0.5, 0.6) is 0 Å². The van der Waals surface area contributed by atoms with Crippen LogP contribution in [0.3, 0.4) is 0 Å². The van der Waals surface area contributed by atoms with Crippen molar-refractivity contribution < 1.29 is 0 Å². The first-order chi connectivity index (χ1) is 23.8. The zero-order chi connectivity index (χ0) is 32.4. The van der Waals surface area contributed by atoms with E-state index in [1.165, 1.54) is 66.8 Å². The predicted octanol–water partition coefficient (Wildman–Crippen LogP) is 12.3. The Balaban J connectivity index is 1.32. The van der Waals surface area contributed by atoms with Crippen LogP contribution in [-0.4, -0.2) is 0 Å². The Morgan fingerprint density at radius 3 is 0.667 bits per heavy atom. The molecular weight excluding hydrogens is 577 g/mol. The molecule has 10 rings (SSSR count). The van der Waals surface area contributed by atoms with Crippen LogP contribution in [0.2, 0.25) is 0 Å². The van der Waals surface area contributed by atoms with Gasteiger partial charge < -0.3 is 0 Å². The highest BCUT2D eigenvalue weighted by Crippen LogP contribution is 2.30. The summed E-state index contributed by atoms with van der Waals surface area (Å²) in [4.78, 5) is 0. The summed E-state index contributed by atoms with van der Waals surface area (Å²) in [6, 6.07) is 52.3. The van der Waals surface area contributed by atoms with Crippen molar-refractivity contribution in [2.45, 2.75) is 25.7 Å². The largest absolute Gasteiger partial charge is 0.0622 e. The van der Waals surface area contributed by atoms with Crippen LogP contribution in [0.25, 0.3) is 48.6 Å². The van der Waals surface area contributed by atoms with Crippen molar-refractivity contribution in [3.05, 3.63) is 212 Å². The highest BCUT2D eigenvalue weighted by molar-refractivity contribution is 5.78. The van der Waals surface area contributed by atoms with Gasteiger partial charge in [0.15, 0.2) is 0 Å². The van der Waals surface area contributed by atoms with Crippen LogP contribution in [0.15, 0.2) is 146 Å². The van der Waals surface area contributed by atoms with Gasteiger partial charge in [0.2, 0.25) is 0 Å². The number of aryl methyl sites for hydroxylation is 4. The van der Waals surface area contributed by atoms with Gasteiger partial charge >= 0.3 is 0 Å². The molecule has 4 bridgehead atoms. The van der Waals surface area contributed by atoms with Crippen molar-refractivity contribution in [1.29, 1.82) is 0 Å². The molecule has 48 heavy (non-hydrogen) atoms. The molecule has 6 aromatic carbocycles. The second-order valence-corrected chi connectivity index (χ2v) is 12.5. The Morgan fingerprint density at radius 1 is 0.250 bits per heavy atom. The van der Waals surface area contributed by atoms with Gasteiger partial charge in [-0.25, -0.2) is 0 Å². The van der Waals surface area contributed by atoms with E-state index in [0.717, 1.165) is 25.7 Å². The molecule has 0 saturated carbocycles. The molecule has 0 aliphatic heterocycles. The molecule has 0 amide bonds. The van der Waals surface area contributed by atoms with E-state index in [1.807, 2.05) is 0 Å². The fourth-order valence-corrected chi connectivity index (χ4v) is 6.48. The first-order valence-electron chi connectivity index (χ1n) is 17.0. The van der Waals surface area contributed by atoms with Crippen molar-refractivity contribution in [1.82, 2.24) is 0 Å². The molecule has 0 N–H and O–H groups in total. The van der Waals surface area contributed by atoms with E-state index in [2.05, 4.69) is 194 Å². The van der Waals surface area contributed by atoms with Gasteiger partial charge in [-0.2, -0.15) is 0 Å². The maximum atomic E-state index is 2.45. The summed E-state index contributed by atoms with van der Waals surface area (Å²) >= 11 is 0. The fourth-order valence-electron chi connectivity index (χ4n) is 6.48.